The van der Waals surface area contributed by atoms with Crippen LogP contribution < -0.4 is 10.2 Å². The molecule has 1 aromatic rings. The quantitative estimate of drug-likeness (QED) is 0.862. The Morgan fingerprint density at radius 2 is 2.08 bits per heavy atom. The van der Waals surface area contributed by atoms with E-state index in [1.54, 1.807) is 4.90 Å². The average Bonchev–Trinajstić information content (AvgIpc) is 3.09. The number of amides is 2. The summed E-state index contributed by atoms with van der Waals surface area (Å²) in [6.45, 7) is 5.16. The normalized spacial score (nSPS) is 25.4. The van der Waals surface area contributed by atoms with Gasteiger partial charge in [0.05, 0.1) is 12.0 Å². The van der Waals surface area contributed by atoms with Crippen molar-refractivity contribution in [2.45, 2.75) is 58.0 Å². The first-order valence-corrected chi connectivity index (χ1v) is 9.19. The number of carbonyl (C=O) groups excluding carboxylic acids is 2. The number of rotatable bonds is 5. The Balaban J connectivity index is 1.59. The lowest BCUT2D eigenvalue weighted by Gasteiger charge is -2.36. The highest BCUT2D eigenvalue weighted by Gasteiger charge is 2.47. The van der Waals surface area contributed by atoms with Crippen LogP contribution in [0.3, 0.4) is 0 Å². The highest BCUT2D eigenvalue weighted by atomic mass is 16.3. The Morgan fingerprint density at radius 3 is 2.72 bits per heavy atom. The second kappa shape index (κ2) is 6.79. The largest absolute Gasteiger partial charge is 0.387 e. The van der Waals surface area contributed by atoms with Crippen LogP contribution >= 0.6 is 0 Å². The number of nitrogens with zero attached hydrogens (tertiary/aromatic N) is 1. The minimum Gasteiger partial charge on any atom is -0.387 e. The highest BCUT2D eigenvalue weighted by Crippen LogP contribution is 2.45. The molecule has 1 saturated carbocycles. The number of nitrogens with one attached hydrogen (secondary N) is 1. The molecule has 25 heavy (non-hydrogen) atoms. The maximum atomic E-state index is 12.3. The van der Waals surface area contributed by atoms with Crippen molar-refractivity contribution in [3.05, 3.63) is 29.8 Å². The van der Waals surface area contributed by atoms with Crippen molar-refractivity contribution in [1.82, 2.24) is 5.32 Å². The summed E-state index contributed by atoms with van der Waals surface area (Å²) in [5, 5.41) is 13.7. The van der Waals surface area contributed by atoms with Gasteiger partial charge in [0.25, 0.3) is 0 Å². The maximum absolute atomic E-state index is 12.3. The molecular weight excluding hydrogens is 316 g/mol. The van der Waals surface area contributed by atoms with Gasteiger partial charge >= 0.3 is 0 Å². The number of benzene rings is 1. The minimum absolute atomic E-state index is 0.0963. The van der Waals surface area contributed by atoms with Gasteiger partial charge in [-0.25, -0.2) is 0 Å². The third kappa shape index (κ3) is 3.71. The fourth-order valence-corrected chi connectivity index (χ4v) is 3.97. The first-order valence-electron chi connectivity index (χ1n) is 9.19. The van der Waals surface area contributed by atoms with Crippen molar-refractivity contribution in [2.24, 2.45) is 5.41 Å². The molecule has 2 fully saturated rings. The Labute approximate surface area is 149 Å². The van der Waals surface area contributed by atoms with Crippen LogP contribution in [0.4, 0.5) is 5.69 Å². The van der Waals surface area contributed by atoms with Crippen molar-refractivity contribution in [2.75, 3.05) is 18.0 Å². The molecule has 5 heteroatoms. The third-order valence-electron chi connectivity index (χ3n) is 5.89. The Kier molecular flexibility index (Phi) is 4.87. The molecule has 1 heterocycles. The summed E-state index contributed by atoms with van der Waals surface area (Å²) in [4.78, 5) is 26.0. The molecule has 1 aromatic carbocycles. The number of aliphatic hydroxyl groups is 1. The van der Waals surface area contributed by atoms with E-state index in [2.05, 4.69) is 19.2 Å². The third-order valence-corrected chi connectivity index (χ3v) is 5.89. The van der Waals surface area contributed by atoms with E-state index >= 15 is 0 Å². The average molecular weight is 344 g/mol. The van der Waals surface area contributed by atoms with Crippen molar-refractivity contribution in [3.8, 4) is 0 Å². The van der Waals surface area contributed by atoms with E-state index in [-0.39, 0.29) is 23.7 Å². The maximum Gasteiger partial charge on any atom is 0.227 e. The fourth-order valence-electron chi connectivity index (χ4n) is 3.97. The lowest BCUT2D eigenvalue weighted by molar-refractivity contribution is -0.123. The monoisotopic (exact) mass is 344 g/mol. The van der Waals surface area contributed by atoms with Crippen LogP contribution in [0.25, 0.3) is 0 Å². The molecule has 0 bridgehead atoms. The zero-order valence-electron chi connectivity index (χ0n) is 15.2. The number of carbonyl (C=O) groups is 2. The lowest BCUT2D eigenvalue weighted by atomic mass is 9.78. The molecule has 1 aliphatic carbocycles. The van der Waals surface area contributed by atoms with Crippen LogP contribution in [0, 0.1) is 5.41 Å². The zero-order valence-corrected chi connectivity index (χ0v) is 15.2. The molecule has 0 unspecified atom stereocenters. The molecule has 5 nitrogen and oxygen atoms in total. The number of anilines is 1. The van der Waals surface area contributed by atoms with Gasteiger partial charge in [0.2, 0.25) is 11.8 Å². The number of hydrogen-bond donors (Lipinski definition) is 2. The van der Waals surface area contributed by atoms with Gasteiger partial charge in [-0.2, -0.15) is 0 Å². The van der Waals surface area contributed by atoms with E-state index in [9.17, 15) is 14.7 Å². The molecule has 0 radical (unpaired) electrons. The lowest BCUT2D eigenvalue weighted by Crippen LogP contribution is -2.49. The summed E-state index contributed by atoms with van der Waals surface area (Å²) in [6, 6.07) is 7.61. The molecule has 3 rings (SSSR count). The van der Waals surface area contributed by atoms with E-state index in [4.69, 9.17) is 0 Å². The fraction of sp³-hybridized carbons (Fsp3) is 0.600. The van der Waals surface area contributed by atoms with Gasteiger partial charge in [0.1, 0.15) is 0 Å². The summed E-state index contributed by atoms with van der Waals surface area (Å²) >= 11 is 0. The summed E-state index contributed by atoms with van der Waals surface area (Å²) in [7, 11) is 0. The molecule has 1 aliphatic heterocycles. The Bertz CT molecular complexity index is 671. The molecule has 136 valence electrons. The van der Waals surface area contributed by atoms with E-state index in [1.165, 1.54) is 0 Å². The molecular formula is C20H28N2O3. The van der Waals surface area contributed by atoms with E-state index in [0.717, 1.165) is 43.5 Å². The Morgan fingerprint density at radius 1 is 1.28 bits per heavy atom. The first kappa shape index (κ1) is 17.9. The van der Waals surface area contributed by atoms with Gasteiger partial charge in [-0.1, -0.05) is 26.0 Å². The summed E-state index contributed by atoms with van der Waals surface area (Å²) in [5.74, 6) is 0.0494. The van der Waals surface area contributed by atoms with E-state index in [1.807, 2.05) is 24.3 Å². The van der Waals surface area contributed by atoms with Crippen molar-refractivity contribution in [3.63, 3.8) is 0 Å². The van der Waals surface area contributed by atoms with Crippen molar-refractivity contribution < 1.29 is 14.7 Å². The van der Waals surface area contributed by atoms with Gasteiger partial charge in [-0.05, 0) is 48.8 Å². The molecule has 2 aliphatic rings. The standard InChI is InChI=1S/C20H28N2O3/c1-19(2)9-5-10-20(19,25)14-21-17(23)13-15-6-3-7-16(12-15)22-11-4-8-18(22)24/h3,6-7,12,25H,4-5,8-11,13-14H2,1-2H3,(H,21,23)/t20-/m1/s1. The van der Waals surface area contributed by atoms with Crippen LogP contribution in [0.1, 0.15) is 51.5 Å². The molecule has 0 spiro atoms. The van der Waals surface area contributed by atoms with Crippen molar-refractivity contribution in [1.29, 1.82) is 0 Å². The van der Waals surface area contributed by atoms with Gasteiger partial charge in [0.15, 0.2) is 0 Å². The first-order chi connectivity index (χ1) is 11.8. The van der Waals surface area contributed by atoms with Crippen molar-refractivity contribution >= 4 is 17.5 Å². The van der Waals surface area contributed by atoms with E-state index < -0.39 is 5.60 Å². The van der Waals surface area contributed by atoms with Gasteiger partial charge in [-0.15, -0.1) is 0 Å². The summed E-state index contributed by atoms with van der Waals surface area (Å²) < 4.78 is 0. The van der Waals surface area contributed by atoms with Crippen LogP contribution in [-0.4, -0.2) is 35.6 Å². The van der Waals surface area contributed by atoms with Crippen LogP contribution in [0.5, 0.6) is 0 Å². The predicted octanol–water partition coefficient (Wildman–Crippen LogP) is 2.41. The van der Waals surface area contributed by atoms with Gasteiger partial charge < -0.3 is 15.3 Å². The van der Waals surface area contributed by atoms with Gasteiger partial charge in [0, 0.05) is 25.2 Å². The van der Waals surface area contributed by atoms with E-state index in [0.29, 0.717) is 13.0 Å². The topological polar surface area (TPSA) is 69.6 Å². The highest BCUT2D eigenvalue weighted by molar-refractivity contribution is 5.95. The molecule has 0 aromatic heterocycles. The summed E-state index contributed by atoms with van der Waals surface area (Å²) in [6.07, 6.45) is 4.44. The van der Waals surface area contributed by atoms with Crippen LogP contribution in [-0.2, 0) is 16.0 Å². The smallest absolute Gasteiger partial charge is 0.227 e. The number of hydrogen-bond acceptors (Lipinski definition) is 3. The SMILES string of the molecule is CC1(C)CCC[C@@]1(O)CNC(=O)Cc1cccc(N2CCCC2=O)c1. The summed E-state index contributed by atoms with van der Waals surface area (Å²) in [5.41, 5.74) is 0.749. The molecule has 1 atom stereocenters. The second-order valence-corrected chi connectivity index (χ2v) is 8.04. The minimum atomic E-state index is -0.827. The Hall–Kier alpha value is -1.88. The van der Waals surface area contributed by atoms with Crippen LogP contribution in [0.2, 0.25) is 0 Å². The molecule has 2 amide bonds. The zero-order chi connectivity index (χ0) is 18.1. The molecule has 2 N–H and O–H groups in total. The van der Waals surface area contributed by atoms with Crippen LogP contribution in [0.15, 0.2) is 24.3 Å². The predicted molar refractivity (Wildman–Crippen MR) is 97.3 cm³/mol. The molecule has 1 saturated heterocycles. The van der Waals surface area contributed by atoms with Gasteiger partial charge in [-0.3, -0.25) is 9.59 Å². The second-order valence-electron chi connectivity index (χ2n) is 8.04.